The Balaban J connectivity index is 1.73. The lowest BCUT2D eigenvalue weighted by Crippen LogP contribution is -2.40. The number of benzene rings is 1. The van der Waals surface area contributed by atoms with Crippen LogP contribution >= 0.6 is 0 Å². The summed E-state index contributed by atoms with van der Waals surface area (Å²) >= 11 is 0. The predicted molar refractivity (Wildman–Crippen MR) is 65.0 cm³/mol. The van der Waals surface area contributed by atoms with Crippen molar-refractivity contribution in [2.45, 2.75) is 37.5 Å². The molecule has 0 spiro atoms. The summed E-state index contributed by atoms with van der Waals surface area (Å²) in [6, 6.07) is 7.52. The van der Waals surface area contributed by atoms with Crippen LogP contribution in [0, 0.1) is 0 Å². The van der Waals surface area contributed by atoms with Crippen LogP contribution in [0.15, 0.2) is 24.3 Å². The molecule has 0 amide bonds. The van der Waals surface area contributed by atoms with Gasteiger partial charge in [-0.1, -0.05) is 12.1 Å². The number of nitrogens with one attached hydrogen (secondary N) is 1. The van der Waals surface area contributed by atoms with Crippen LogP contribution in [0.4, 0.5) is 4.39 Å². The Morgan fingerprint density at radius 2 is 2.00 bits per heavy atom. The monoisotopic (exact) mass is 235 g/mol. The molecule has 3 heteroatoms. The summed E-state index contributed by atoms with van der Waals surface area (Å²) in [6.07, 6.45) is 4.22. The summed E-state index contributed by atoms with van der Waals surface area (Å²) in [5, 5.41) is 3.12. The van der Waals surface area contributed by atoms with Crippen molar-refractivity contribution in [2.24, 2.45) is 0 Å². The van der Waals surface area contributed by atoms with Gasteiger partial charge in [0.05, 0.1) is 6.10 Å². The van der Waals surface area contributed by atoms with E-state index >= 15 is 0 Å². The Morgan fingerprint density at radius 1 is 1.24 bits per heavy atom. The molecule has 2 fully saturated rings. The first-order chi connectivity index (χ1) is 8.26. The molecule has 2 nitrogen and oxygen atoms in total. The minimum absolute atomic E-state index is 0.400. The fraction of sp³-hybridized carbons (Fsp3) is 0.571. The Hall–Kier alpha value is -1.09. The number of rotatable bonds is 3. The highest BCUT2D eigenvalue weighted by molar-refractivity contribution is 5.32. The summed E-state index contributed by atoms with van der Waals surface area (Å²) in [6.45, 7) is 1.35. The first-order valence-electron chi connectivity index (χ1n) is 6.43. The lowest BCUT2D eigenvalue weighted by atomic mass is 9.88. The van der Waals surface area contributed by atoms with Crippen molar-refractivity contribution in [3.05, 3.63) is 29.8 Å². The summed E-state index contributed by atoms with van der Waals surface area (Å²) in [7, 11) is 0. The molecule has 0 aromatic heterocycles. The predicted octanol–water partition coefficient (Wildman–Crippen LogP) is 2.78. The van der Waals surface area contributed by atoms with Gasteiger partial charge in [0.25, 0.3) is 0 Å². The molecule has 92 valence electrons. The number of ether oxygens (including phenoxy) is 1. The standard InChI is InChI=1S/C14H18FNO/c15-14(8-1-9-16-10-14)11-2-4-12(5-3-11)17-13-6-7-13/h2-5,13,16H,1,6-10H2. The van der Waals surface area contributed by atoms with Crippen LogP contribution in [0.1, 0.15) is 31.2 Å². The third-order valence-corrected chi connectivity index (χ3v) is 3.53. The van der Waals surface area contributed by atoms with Crippen molar-refractivity contribution in [1.29, 1.82) is 0 Å². The van der Waals surface area contributed by atoms with Gasteiger partial charge in [-0.25, -0.2) is 4.39 Å². The fourth-order valence-electron chi connectivity index (χ4n) is 2.33. The average molecular weight is 235 g/mol. The largest absolute Gasteiger partial charge is 0.490 e. The molecule has 3 rings (SSSR count). The van der Waals surface area contributed by atoms with Gasteiger partial charge in [-0.05, 0) is 49.9 Å². The first-order valence-corrected chi connectivity index (χ1v) is 6.43. The van der Waals surface area contributed by atoms with E-state index in [-0.39, 0.29) is 0 Å². The molecule has 1 aliphatic heterocycles. The number of hydrogen-bond donors (Lipinski definition) is 1. The van der Waals surface area contributed by atoms with Crippen molar-refractivity contribution in [3.63, 3.8) is 0 Å². The number of halogens is 1. The minimum atomic E-state index is -1.20. The molecule has 1 atom stereocenters. The second kappa shape index (κ2) is 4.30. The van der Waals surface area contributed by atoms with Crippen LogP contribution in [0.5, 0.6) is 5.75 Å². The molecule has 2 aliphatic rings. The third kappa shape index (κ3) is 2.44. The second-order valence-corrected chi connectivity index (χ2v) is 5.09. The smallest absolute Gasteiger partial charge is 0.148 e. The first kappa shape index (κ1) is 11.0. The molecular weight excluding hydrogens is 217 g/mol. The Bertz CT molecular complexity index is 380. The Kier molecular flexibility index (Phi) is 2.79. The zero-order chi connectivity index (χ0) is 11.7. The van der Waals surface area contributed by atoms with E-state index in [9.17, 15) is 4.39 Å². The van der Waals surface area contributed by atoms with Gasteiger partial charge >= 0.3 is 0 Å². The highest BCUT2D eigenvalue weighted by atomic mass is 19.1. The lowest BCUT2D eigenvalue weighted by molar-refractivity contribution is 0.122. The molecule has 1 saturated carbocycles. The van der Waals surface area contributed by atoms with Crippen LogP contribution in [0.3, 0.4) is 0 Å². The van der Waals surface area contributed by atoms with E-state index in [0.29, 0.717) is 19.1 Å². The fourth-order valence-corrected chi connectivity index (χ4v) is 2.33. The van der Waals surface area contributed by atoms with E-state index in [0.717, 1.165) is 37.1 Å². The zero-order valence-corrected chi connectivity index (χ0v) is 9.92. The summed E-state index contributed by atoms with van der Waals surface area (Å²) in [4.78, 5) is 0. The van der Waals surface area contributed by atoms with E-state index in [1.807, 2.05) is 24.3 Å². The normalized spacial score (nSPS) is 29.0. The molecule has 1 aliphatic carbocycles. The molecule has 1 aromatic rings. The van der Waals surface area contributed by atoms with Crippen molar-refractivity contribution >= 4 is 0 Å². The van der Waals surface area contributed by atoms with Crippen LogP contribution in [-0.2, 0) is 5.67 Å². The van der Waals surface area contributed by atoms with Gasteiger partial charge in [0, 0.05) is 6.54 Å². The van der Waals surface area contributed by atoms with Crippen LogP contribution in [0.2, 0.25) is 0 Å². The van der Waals surface area contributed by atoms with Crippen molar-refractivity contribution in [1.82, 2.24) is 5.32 Å². The second-order valence-electron chi connectivity index (χ2n) is 5.09. The van der Waals surface area contributed by atoms with Crippen molar-refractivity contribution in [3.8, 4) is 5.75 Å². The Labute approximate surface area is 101 Å². The maximum Gasteiger partial charge on any atom is 0.148 e. The van der Waals surface area contributed by atoms with Gasteiger partial charge in [-0.2, -0.15) is 0 Å². The molecule has 1 saturated heterocycles. The molecule has 17 heavy (non-hydrogen) atoms. The van der Waals surface area contributed by atoms with Crippen molar-refractivity contribution < 1.29 is 9.13 Å². The van der Waals surface area contributed by atoms with E-state index in [4.69, 9.17) is 4.74 Å². The summed E-state index contributed by atoms with van der Waals surface area (Å²) in [5.41, 5.74) is -0.427. The van der Waals surface area contributed by atoms with Gasteiger partial charge in [-0.3, -0.25) is 0 Å². The van der Waals surface area contributed by atoms with Crippen LogP contribution in [0.25, 0.3) is 0 Å². The highest BCUT2D eigenvalue weighted by Gasteiger charge is 2.33. The summed E-state index contributed by atoms with van der Waals surface area (Å²) in [5.74, 6) is 0.864. The Morgan fingerprint density at radius 3 is 2.59 bits per heavy atom. The molecule has 1 unspecified atom stereocenters. The highest BCUT2D eigenvalue weighted by Crippen LogP contribution is 2.34. The van der Waals surface area contributed by atoms with Crippen LogP contribution in [-0.4, -0.2) is 19.2 Å². The number of hydrogen-bond acceptors (Lipinski definition) is 2. The van der Waals surface area contributed by atoms with E-state index in [2.05, 4.69) is 5.32 Å². The van der Waals surface area contributed by atoms with Gasteiger partial charge < -0.3 is 10.1 Å². The molecule has 1 heterocycles. The van der Waals surface area contributed by atoms with Gasteiger partial charge in [-0.15, -0.1) is 0 Å². The lowest BCUT2D eigenvalue weighted by Gasteiger charge is -2.30. The minimum Gasteiger partial charge on any atom is -0.490 e. The third-order valence-electron chi connectivity index (χ3n) is 3.53. The van der Waals surface area contributed by atoms with E-state index in [1.54, 1.807) is 0 Å². The summed E-state index contributed by atoms with van der Waals surface area (Å²) < 4.78 is 20.3. The van der Waals surface area contributed by atoms with E-state index < -0.39 is 5.67 Å². The van der Waals surface area contributed by atoms with Gasteiger partial charge in [0.1, 0.15) is 11.4 Å². The SMILES string of the molecule is FC1(c2ccc(OC3CC3)cc2)CCCNC1. The average Bonchev–Trinajstić information content (AvgIpc) is 3.15. The molecule has 1 N–H and O–H groups in total. The molecular formula is C14H18FNO. The molecule has 0 radical (unpaired) electrons. The number of piperidine rings is 1. The molecule has 0 bridgehead atoms. The maximum atomic E-state index is 14.6. The van der Waals surface area contributed by atoms with Crippen molar-refractivity contribution in [2.75, 3.05) is 13.1 Å². The maximum absolute atomic E-state index is 14.6. The quantitative estimate of drug-likeness (QED) is 0.869. The zero-order valence-electron chi connectivity index (χ0n) is 9.92. The van der Waals surface area contributed by atoms with Gasteiger partial charge in [0.15, 0.2) is 0 Å². The van der Waals surface area contributed by atoms with Crippen LogP contribution < -0.4 is 10.1 Å². The topological polar surface area (TPSA) is 21.3 Å². The number of alkyl halides is 1. The van der Waals surface area contributed by atoms with E-state index in [1.165, 1.54) is 0 Å². The van der Waals surface area contributed by atoms with Gasteiger partial charge in [0.2, 0.25) is 0 Å². The molecule has 1 aromatic carbocycles.